The van der Waals surface area contributed by atoms with Gasteiger partial charge in [0.05, 0.1) is 17.7 Å². The van der Waals surface area contributed by atoms with Gasteiger partial charge in [-0.3, -0.25) is 4.90 Å². The fourth-order valence-electron chi connectivity index (χ4n) is 3.21. The number of hydrogen-bond acceptors (Lipinski definition) is 5. The molecule has 6 nitrogen and oxygen atoms in total. The zero-order valence-electron chi connectivity index (χ0n) is 21.8. The van der Waals surface area contributed by atoms with Crippen molar-refractivity contribution in [2.75, 3.05) is 19.0 Å². The second-order valence-corrected chi connectivity index (χ2v) is 9.82. The van der Waals surface area contributed by atoms with Gasteiger partial charge in [0.2, 0.25) is 0 Å². The van der Waals surface area contributed by atoms with Gasteiger partial charge in [0, 0.05) is 24.8 Å². The van der Waals surface area contributed by atoms with Crippen LogP contribution in [0.3, 0.4) is 0 Å². The topological polar surface area (TPSA) is 55.9 Å². The van der Waals surface area contributed by atoms with Crippen LogP contribution in [0.5, 0.6) is 0 Å². The highest BCUT2D eigenvalue weighted by Crippen LogP contribution is 2.35. The summed E-state index contributed by atoms with van der Waals surface area (Å²) in [6.07, 6.45) is -8.40. The van der Waals surface area contributed by atoms with E-state index in [9.17, 15) is 26.3 Å². The molecule has 41 heavy (non-hydrogen) atoms. The van der Waals surface area contributed by atoms with Gasteiger partial charge in [0.1, 0.15) is 0 Å². The third kappa shape index (κ3) is 10.3. The number of alkyl halides is 6. The Hall–Kier alpha value is -3.84. The van der Waals surface area contributed by atoms with E-state index in [1.807, 2.05) is 44.1 Å². The van der Waals surface area contributed by atoms with Gasteiger partial charge >= 0.3 is 12.6 Å². The Morgan fingerprint density at radius 2 is 1.41 bits per heavy atom. The molecule has 0 saturated carbocycles. The van der Waals surface area contributed by atoms with Crippen molar-refractivity contribution in [3.63, 3.8) is 0 Å². The van der Waals surface area contributed by atoms with Crippen molar-refractivity contribution >= 4 is 62.8 Å². The van der Waals surface area contributed by atoms with Gasteiger partial charge < -0.3 is 4.90 Å². The number of hydrogen-bond donors (Lipinski definition) is 0. The monoisotopic (exact) mass is 612 g/mol. The lowest BCUT2D eigenvalue weighted by Crippen LogP contribution is -2.33. The maximum Gasteiger partial charge on any atom is 0.505 e. The first-order chi connectivity index (χ1) is 19.2. The van der Waals surface area contributed by atoms with E-state index >= 15 is 0 Å². The highest BCUT2D eigenvalue weighted by Gasteiger charge is 2.42. The third-order valence-corrected chi connectivity index (χ3v) is 5.98. The van der Waals surface area contributed by atoms with E-state index in [0.717, 1.165) is 21.2 Å². The molecule has 3 aromatic rings. The molecule has 14 heteroatoms. The molecule has 0 bridgehead atoms. The van der Waals surface area contributed by atoms with Gasteiger partial charge in [-0.05, 0) is 66.7 Å². The Labute approximate surface area is 241 Å². The molecule has 1 saturated heterocycles. The molecule has 0 unspecified atom stereocenters. The predicted octanol–water partition coefficient (Wildman–Crippen LogP) is 8.63. The van der Waals surface area contributed by atoms with Crippen molar-refractivity contribution in [2.24, 2.45) is 20.0 Å². The summed E-state index contributed by atoms with van der Waals surface area (Å²) < 4.78 is 77.3. The van der Waals surface area contributed by atoms with Crippen molar-refractivity contribution in [1.82, 2.24) is 4.90 Å². The van der Waals surface area contributed by atoms with E-state index < -0.39 is 23.5 Å². The molecule has 1 aliphatic rings. The summed E-state index contributed by atoms with van der Waals surface area (Å²) in [4.78, 5) is 16.3. The van der Waals surface area contributed by atoms with Gasteiger partial charge in [0.15, 0.2) is 16.0 Å². The summed E-state index contributed by atoms with van der Waals surface area (Å²) in [6.45, 7) is 1.99. The van der Waals surface area contributed by atoms with Gasteiger partial charge in [-0.15, -0.1) is 26.3 Å². The van der Waals surface area contributed by atoms with E-state index in [-0.39, 0.29) is 10.9 Å². The lowest BCUT2D eigenvalue weighted by molar-refractivity contribution is -0.121. The second-order valence-electron chi connectivity index (χ2n) is 8.43. The molecule has 0 radical (unpaired) electrons. The number of anilines is 1. The maximum atomic E-state index is 13.0. The van der Waals surface area contributed by atoms with Crippen molar-refractivity contribution in [3.05, 3.63) is 89.4 Å². The number of para-hydroxylation sites is 2. The summed E-state index contributed by atoms with van der Waals surface area (Å²) in [5.41, 5.74) is 2.56. The summed E-state index contributed by atoms with van der Waals surface area (Å²) in [7, 11) is 3.88. The standard InChI is InChI=1S/C17H10F6N4S.C10H13ClN2/c18-16(19,20)25-13-14(26-17(21,22)23)28-15(24-11-7-3-1-4-8-11)27(13)12-9-5-2-6-10-12;1-8-6-9(11)4-5-10(8)12-7-13(2)3/h1-10H;4-7H,1-3H3. The van der Waals surface area contributed by atoms with Gasteiger partial charge in [-0.2, -0.15) is 9.98 Å². The highest BCUT2D eigenvalue weighted by atomic mass is 35.5. The summed E-state index contributed by atoms with van der Waals surface area (Å²) in [5, 5.41) is -0.326. The van der Waals surface area contributed by atoms with Gasteiger partial charge in [-0.25, -0.2) is 9.98 Å². The second kappa shape index (κ2) is 13.7. The van der Waals surface area contributed by atoms with Crippen LogP contribution < -0.4 is 4.90 Å². The van der Waals surface area contributed by atoms with Crippen LogP contribution >= 0.6 is 23.4 Å². The molecule has 0 spiro atoms. The van der Waals surface area contributed by atoms with Crippen LogP contribution in [0.25, 0.3) is 0 Å². The molecule has 0 N–H and O–H groups in total. The Bertz CT molecular complexity index is 1440. The fourth-order valence-corrected chi connectivity index (χ4v) is 4.42. The van der Waals surface area contributed by atoms with E-state index in [4.69, 9.17) is 11.6 Å². The average molecular weight is 613 g/mol. The number of benzene rings is 3. The molecule has 3 aromatic carbocycles. The minimum atomic E-state index is -5.10. The van der Waals surface area contributed by atoms with E-state index in [1.54, 1.807) is 42.7 Å². The summed E-state index contributed by atoms with van der Waals surface area (Å²) in [5.74, 6) is -0.990. The van der Waals surface area contributed by atoms with Crippen molar-refractivity contribution < 1.29 is 26.3 Å². The molecule has 1 fully saturated rings. The zero-order valence-corrected chi connectivity index (χ0v) is 23.4. The van der Waals surface area contributed by atoms with Crippen molar-refractivity contribution in [1.29, 1.82) is 0 Å². The number of aliphatic imine (C=N–C) groups is 4. The van der Waals surface area contributed by atoms with E-state index in [0.29, 0.717) is 17.4 Å². The number of rotatable bonds is 4. The maximum absolute atomic E-state index is 13.0. The van der Waals surface area contributed by atoms with Crippen LogP contribution in [0.4, 0.5) is 43.4 Å². The number of halogens is 7. The number of nitrogens with zero attached hydrogens (tertiary/aromatic N) is 6. The first-order valence-corrected chi connectivity index (χ1v) is 12.9. The Morgan fingerprint density at radius 1 is 0.829 bits per heavy atom. The molecular formula is C27H23ClF6N6S. The van der Waals surface area contributed by atoms with E-state index in [2.05, 4.69) is 20.0 Å². The van der Waals surface area contributed by atoms with Crippen molar-refractivity contribution in [3.8, 4) is 0 Å². The number of amidine groups is 2. The molecule has 1 heterocycles. The Balaban J connectivity index is 0.000000298. The van der Waals surface area contributed by atoms with Crippen LogP contribution in [0.1, 0.15) is 5.56 Å². The zero-order chi connectivity index (χ0) is 30.2. The lowest BCUT2D eigenvalue weighted by Gasteiger charge is -2.19. The molecule has 1 aliphatic heterocycles. The largest absolute Gasteiger partial charge is 0.505 e. The van der Waals surface area contributed by atoms with Gasteiger partial charge in [-0.1, -0.05) is 48.0 Å². The normalized spacial score (nSPS) is 16.9. The Morgan fingerprint density at radius 3 is 1.95 bits per heavy atom. The molecule has 4 rings (SSSR count). The van der Waals surface area contributed by atoms with E-state index in [1.165, 1.54) is 24.3 Å². The van der Waals surface area contributed by atoms with Crippen molar-refractivity contribution in [2.45, 2.75) is 19.5 Å². The molecule has 0 atom stereocenters. The molecule has 0 amide bonds. The van der Waals surface area contributed by atoms with Crippen LogP contribution in [0.2, 0.25) is 5.02 Å². The van der Waals surface area contributed by atoms with Crippen LogP contribution in [0, 0.1) is 6.92 Å². The van der Waals surface area contributed by atoms with Crippen LogP contribution in [-0.2, 0) is 0 Å². The lowest BCUT2D eigenvalue weighted by atomic mass is 10.2. The van der Waals surface area contributed by atoms with Crippen LogP contribution in [0.15, 0.2) is 98.8 Å². The first kappa shape index (κ1) is 31.7. The smallest absolute Gasteiger partial charge is 0.369 e. The number of thioether (sulfide) groups is 1. The van der Waals surface area contributed by atoms with Crippen LogP contribution in [-0.4, -0.2) is 54.0 Å². The fraction of sp³-hybridized carbons (Fsp3) is 0.185. The quantitative estimate of drug-likeness (QED) is 0.128. The molecule has 216 valence electrons. The first-order valence-electron chi connectivity index (χ1n) is 11.7. The SMILES string of the molecule is Cc1cc(Cl)ccc1N=CN(C)C.FC(F)(F)N=C1SC(=Nc2ccccc2)N(c2ccccc2)C1=NC(F)(F)F. The third-order valence-electron chi connectivity index (χ3n) is 4.83. The summed E-state index contributed by atoms with van der Waals surface area (Å²) in [6, 6.07) is 21.3. The highest BCUT2D eigenvalue weighted by molar-refractivity contribution is 8.29. The minimum absolute atomic E-state index is 0.136. The van der Waals surface area contributed by atoms with Gasteiger partial charge in [0.25, 0.3) is 0 Å². The molecule has 0 aromatic heterocycles. The predicted molar refractivity (Wildman–Crippen MR) is 155 cm³/mol. The summed E-state index contributed by atoms with van der Waals surface area (Å²) >= 11 is 6.18. The molecule has 0 aliphatic carbocycles. The minimum Gasteiger partial charge on any atom is -0.369 e. The Kier molecular flexibility index (Phi) is 10.6. The average Bonchev–Trinajstić information content (AvgIpc) is 3.18. The number of aryl methyl sites for hydroxylation is 1. The molecular weight excluding hydrogens is 590 g/mol.